The van der Waals surface area contributed by atoms with Crippen LogP contribution in [0.5, 0.6) is 0 Å². The summed E-state index contributed by atoms with van der Waals surface area (Å²) in [6.45, 7) is 8.14. The van der Waals surface area contributed by atoms with E-state index in [0.717, 1.165) is 61.3 Å². The summed E-state index contributed by atoms with van der Waals surface area (Å²) in [7, 11) is 0. The van der Waals surface area contributed by atoms with E-state index < -0.39 is 0 Å². The van der Waals surface area contributed by atoms with Gasteiger partial charge in [0.25, 0.3) is 0 Å². The van der Waals surface area contributed by atoms with Crippen molar-refractivity contribution in [2.75, 3.05) is 0 Å². The first-order chi connectivity index (χ1) is 14.9. The molecule has 0 radical (unpaired) electrons. The Morgan fingerprint density at radius 1 is 1.16 bits per heavy atom. The number of aliphatic hydroxyl groups is 1. The monoisotopic (exact) mass is 423 g/mol. The summed E-state index contributed by atoms with van der Waals surface area (Å²) in [4.78, 5) is 0. The first kappa shape index (κ1) is 21.5. The Kier molecular flexibility index (Phi) is 5.48. The Bertz CT molecular complexity index is 842. The van der Waals surface area contributed by atoms with E-state index in [0.29, 0.717) is 16.9 Å². The van der Waals surface area contributed by atoms with Crippen molar-refractivity contribution in [2.45, 2.75) is 97.1 Å². The molecule has 170 valence electrons. The molecule has 1 N–H and O–H groups in total. The molecule has 0 saturated heterocycles. The third-order valence-electron chi connectivity index (χ3n) is 10.8. The maximum atomic E-state index is 10.9. The highest BCUT2D eigenvalue weighted by Gasteiger charge is 2.58. The van der Waals surface area contributed by atoms with E-state index in [1.807, 2.05) is 10.9 Å². The highest BCUT2D eigenvalue weighted by molar-refractivity contribution is 5.21. The molecule has 0 aromatic carbocycles. The molecule has 4 fully saturated rings. The number of rotatable bonds is 4. The second kappa shape index (κ2) is 7.91. The lowest BCUT2D eigenvalue weighted by Gasteiger charge is -2.57. The summed E-state index contributed by atoms with van der Waals surface area (Å²) in [5, 5.41) is 24.5. The average Bonchev–Trinajstić information content (AvgIpc) is 3.36. The summed E-state index contributed by atoms with van der Waals surface area (Å²) in [6.07, 6.45) is 16.2. The molecule has 1 aromatic rings. The van der Waals surface area contributed by atoms with Crippen LogP contribution in [0.1, 0.15) is 90.5 Å². The summed E-state index contributed by atoms with van der Waals surface area (Å²) in [5.74, 6) is 5.73. The molecule has 31 heavy (non-hydrogen) atoms. The number of hydrogen-bond donors (Lipinski definition) is 1. The topological polar surface area (TPSA) is 61.8 Å². The number of nitrogens with zero attached hydrogens (tertiary/aromatic N) is 3. The van der Waals surface area contributed by atoms with Crippen molar-refractivity contribution in [2.24, 2.45) is 46.8 Å². The van der Waals surface area contributed by atoms with Gasteiger partial charge in [-0.15, -0.1) is 0 Å². The van der Waals surface area contributed by atoms with Crippen molar-refractivity contribution in [3.8, 4) is 6.07 Å². The predicted molar refractivity (Wildman–Crippen MR) is 122 cm³/mol. The number of hydrogen-bond acceptors (Lipinski definition) is 3. The lowest BCUT2D eigenvalue weighted by atomic mass is 9.48. The molecular formula is C27H41N3O. The van der Waals surface area contributed by atoms with Crippen molar-refractivity contribution >= 4 is 0 Å². The first-order valence-corrected chi connectivity index (χ1v) is 13.0. The van der Waals surface area contributed by atoms with E-state index in [2.05, 4.69) is 31.9 Å². The smallest absolute Gasteiger partial charge is 0.102 e. The molecule has 5 rings (SSSR count). The fourth-order valence-electron chi connectivity index (χ4n) is 9.20. The van der Waals surface area contributed by atoms with Crippen molar-refractivity contribution in [3.63, 3.8) is 0 Å². The molecule has 4 saturated carbocycles. The minimum atomic E-state index is -0.372. The van der Waals surface area contributed by atoms with Crippen molar-refractivity contribution in [3.05, 3.63) is 18.0 Å². The van der Waals surface area contributed by atoms with Gasteiger partial charge in [-0.25, -0.2) is 0 Å². The standard InChI is InChI=1S/C27H41N3O/c1-4-27(31)12-10-21-20(13-27)5-6-23-22(21)9-11-26(3)24(7-8-25(23)26)18(2)16-30-17-19(14-28)15-29-30/h15,17-18,20-25,31H,4-13,16H2,1-3H3/t18-,20+,21-,22+,23+,24?,25-,26+,27+/m0/s1. The molecule has 4 heteroatoms. The van der Waals surface area contributed by atoms with Gasteiger partial charge in [-0.2, -0.15) is 10.4 Å². The van der Waals surface area contributed by atoms with Gasteiger partial charge in [0, 0.05) is 12.7 Å². The minimum absolute atomic E-state index is 0.372. The van der Waals surface area contributed by atoms with Crippen molar-refractivity contribution in [1.82, 2.24) is 9.78 Å². The second-order valence-electron chi connectivity index (χ2n) is 12.0. The van der Waals surface area contributed by atoms with Crippen LogP contribution in [0.25, 0.3) is 0 Å². The van der Waals surface area contributed by atoms with Gasteiger partial charge in [0.1, 0.15) is 6.07 Å². The van der Waals surface area contributed by atoms with Gasteiger partial charge < -0.3 is 5.11 Å². The number of nitriles is 1. The van der Waals surface area contributed by atoms with Crippen LogP contribution in [0, 0.1) is 58.2 Å². The molecule has 0 bridgehead atoms. The zero-order valence-electron chi connectivity index (χ0n) is 19.8. The van der Waals surface area contributed by atoms with Gasteiger partial charge in [-0.1, -0.05) is 20.8 Å². The van der Waals surface area contributed by atoms with Crippen LogP contribution in [0.2, 0.25) is 0 Å². The Morgan fingerprint density at radius 3 is 2.71 bits per heavy atom. The third kappa shape index (κ3) is 3.56. The van der Waals surface area contributed by atoms with Crippen LogP contribution in [0.15, 0.2) is 12.4 Å². The highest BCUT2D eigenvalue weighted by Crippen LogP contribution is 2.65. The summed E-state index contributed by atoms with van der Waals surface area (Å²) < 4.78 is 1.99. The lowest BCUT2D eigenvalue weighted by Crippen LogP contribution is -2.51. The molecule has 4 aliphatic rings. The average molecular weight is 424 g/mol. The molecule has 0 amide bonds. The Morgan fingerprint density at radius 2 is 1.97 bits per heavy atom. The van der Waals surface area contributed by atoms with Crippen LogP contribution in [0.3, 0.4) is 0 Å². The Labute approximate surface area is 188 Å². The van der Waals surface area contributed by atoms with E-state index in [1.54, 1.807) is 6.20 Å². The molecule has 1 aromatic heterocycles. The van der Waals surface area contributed by atoms with E-state index >= 15 is 0 Å². The van der Waals surface area contributed by atoms with Gasteiger partial charge >= 0.3 is 0 Å². The van der Waals surface area contributed by atoms with Gasteiger partial charge in [-0.3, -0.25) is 4.68 Å². The fourth-order valence-corrected chi connectivity index (χ4v) is 9.20. The first-order valence-electron chi connectivity index (χ1n) is 13.0. The molecule has 9 atom stereocenters. The van der Waals surface area contributed by atoms with Crippen molar-refractivity contribution in [1.29, 1.82) is 5.26 Å². The van der Waals surface area contributed by atoms with Crippen LogP contribution < -0.4 is 0 Å². The van der Waals surface area contributed by atoms with Crippen LogP contribution in [0.4, 0.5) is 0 Å². The maximum Gasteiger partial charge on any atom is 0.102 e. The van der Waals surface area contributed by atoms with Crippen molar-refractivity contribution < 1.29 is 5.11 Å². The SMILES string of the molecule is CC[C@@]1(O)CC[C@H]2[C@H](CC[C@@H]3[C@@H]2CC[C@]2(C)C([C@@H](C)Cn4cc(C#N)cn4)CC[C@@H]32)C1. The van der Waals surface area contributed by atoms with E-state index in [-0.39, 0.29) is 5.60 Å². The van der Waals surface area contributed by atoms with Gasteiger partial charge in [0.05, 0.1) is 17.4 Å². The minimum Gasteiger partial charge on any atom is -0.390 e. The zero-order valence-corrected chi connectivity index (χ0v) is 19.8. The Balaban J connectivity index is 1.29. The second-order valence-corrected chi connectivity index (χ2v) is 12.0. The van der Waals surface area contributed by atoms with Gasteiger partial charge in [0.2, 0.25) is 0 Å². The Hall–Kier alpha value is -1.34. The van der Waals surface area contributed by atoms with E-state index in [4.69, 9.17) is 5.26 Å². The van der Waals surface area contributed by atoms with E-state index in [9.17, 15) is 5.11 Å². The molecule has 1 heterocycles. The lowest BCUT2D eigenvalue weighted by molar-refractivity contribution is -0.109. The van der Waals surface area contributed by atoms with Gasteiger partial charge in [-0.05, 0) is 111 Å². The predicted octanol–water partition coefficient (Wildman–Crippen LogP) is 5.80. The van der Waals surface area contributed by atoms with Crippen LogP contribution in [-0.4, -0.2) is 20.5 Å². The number of aromatic nitrogens is 2. The molecule has 0 spiro atoms. The van der Waals surface area contributed by atoms with Crippen LogP contribution >= 0.6 is 0 Å². The molecular weight excluding hydrogens is 382 g/mol. The summed E-state index contributed by atoms with van der Waals surface area (Å²) in [6, 6.07) is 2.21. The van der Waals surface area contributed by atoms with Crippen LogP contribution in [-0.2, 0) is 6.54 Å². The van der Waals surface area contributed by atoms with E-state index in [1.165, 1.54) is 44.9 Å². The normalized spacial score (nSPS) is 45.3. The molecule has 4 nitrogen and oxygen atoms in total. The summed E-state index contributed by atoms with van der Waals surface area (Å²) in [5.41, 5.74) is 0.767. The molecule has 0 aliphatic heterocycles. The largest absolute Gasteiger partial charge is 0.390 e. The number of fused-ring (bicyclic) bond motifs is 5. The van der Waals surface area contributed by atoms with Gasteiger partial charge in [0.15, 0.2) is 0 Å². The summed E-state index contributed by atoms with van der Waals surface area (Å²) >= 11 is 0. The maximum absolute atomic E-state index is 10.9. The zero-order chi connectivity index (χ0) is 21.8. The highest BCUT2D eigenvalue weighted by atomic mass is 16.3. The third-order valence-corrected chi connectivity index (χ3v) is 10.8. The molecule has 4 aliphatic carbocycles. The fraction of sp³-hybridized carbons (Fsp3) is 0.852. The quantitative estimate of drug-likeness (QED) is 0.665. The molecule has 1 unspecified atom stereocenters.